The summed E-state index contributed by atoms with van der Waals surface area (Å²) in [7, 11) is -3.87. The zero-order valence-corrected chi connectivity index (χ0v) is 64.1. The van der Waals surface area contributed by atoms with Crippen molar-refractivity contribution in [3.05, 3.63) is 108 Å². The Kier molecular flexibility index (Phi) is 30.0. The van der Waals surface area contributed by atoms with Crippen molar-refractivity contribution in [3.8, 4) is 0 Å². The van der Waals surface area contributed by atoms with E-state index in [0.717, 1.165) is 130 Å². The predicted octanol–water partition coefficient (Wildman–Crippen LogP) is 19.0. The number of ether oxygens (including phenoxy) is 10. The lowest BCUT2D eigenvalue weighted by Gasteiger charge is -2.55. The molecule has 0 aromatic heterocycles. The lowest BCUT2D eigenvalue weighted by Crippen LogP contribution is -2.65. The minimum absolute atomic E-state index is 0.0593. The van der Waals surface area contributed by atoms with Gasteiger partial charge in [0.2, 0.25) is 0 Å². The highest BCUT2D eigenvalue weighted by Gasteiger charge is 2.65. The molecule has 93 heavy (non-hydrogen) atoms. The third-order valence-electron chi connectivity index (χ3n) is 22.7. The van der Waals surface area contributed by atoms with Gasteiger partial charge in [-0.3, -0.25) is 0 Å². The highest BCUT2D eigenvalue weighted by molar-refractivity contribution is 6.77. The van der Waals surface area contributed by atoms with E-state index in [0.29, 0.717) is 62.3 Å². The molecule has 1 N–H and O–H groups in total. The van der Waals surface area contributed by atoms with Gasteiger partial charge in [-0.2, -0.15) is 0 Å². The lowest BCUT2D eigenvalue weighted by atomic mass is 9.56. The molecule has 16 heteroatoms. The highest BCUT2D eigenvalue weighted by Crippen LogP contribution is 2.58. The van der Waals surface area contributed by atoms with Crippen LogP contribution in [0.25, 0.3) is 0 Å². The van der Waals surface area contributed by atoms with Crippen LogP contribution < -0.4 is 0 Å². The zero-order chi connectivity index (χ0) is 67.7. The van der Waals surface area contributed by atoms with Crippen molar-refractivity contribution in [2.75, 3.05) is 47.1 Å². The van der Waals surface area contributed by atoms with E-state index in [-0.39, 0.29) is 43.5 Å². The fourth-order valence-corrected chi connectivity index (χ4v) is 26.2. The van der Waals surface area contributed by atoms with Crippen LogP contribution in [0.15, 0.2) is 97.1 Å². The van der Waals surface area contributed by atoms with Gasteiger partial charge in [-0.15, -0.1) is 6.58 Å². The molecule has 4 aliphatic heterocycles. The van der Waals surface area contributed by atoms with E-state index in [4.69, 9.17) is 62.8 Å². The highest BCUT2D eigenvalue weighted by atomic mass is 28.4. The quantitative estimate of drug-likeness (QED) is 0.0295. The monoisotopic (exact) mass is 1350 g/mol. The smallest absolute Gasteiger partial charge is 0.200 e. The van der Waals surface area contributed by atoms with Gasteiger partial charge in [0.1, 0.15) is 31.4 Å². The number of rotatable bonds is 39. The maximum Gasteiger partial charge on any atom is 0.200 e. The van der Waals surface area contributed by atoms with E-state index in [1.807, 2.05) is 42.5 Å². The van der Waals surface area contributed by atoms with Gasteiger partial charge in [-0.1, -0.05) is 181 Å². The summed E-state index contributed by atoms with van der Waals surface area (Å²) in [6.07, 6.45) is 12.9. The molecule has 0 amide bonds. The van der Waals surface area contributed by atoms with Gasteiger partial charge in [0.25, 0.3) is 0 Å². The first-order valence-electron chi connectivity index (χ1n) is 36.6. The molecular weight excluding hydrogens is 1220 g/mol. The van der Waals surface area contributed by atoms with Crippen molar-refractivity contribution < 1.29 is 61.3 Å². The zero-order valence-electron chi connectivity index (χ0n) is 61.1. The molecule has 13 nitrogen and oxygen atoms in total. The summed E-state index contributed by atoms with van der Waals surface area (Å²) in [5, 5.41) is 13.6. The van der Waals surface area contributed by atoms with Gasteiger partial charge >= 0.3 is 0 Å². The molecule has 4 heterocycles. The summed E-state index contributed by atoms with van der Waals surface area (Å²) in [5.74, 6) is -1.69. The van der Waals surface area contributed by atoms with Gasteiger partial charge in [0.15, 0.2) is 34.5 Å². The lowest BCUT2D eigenvalue weighted by molar-refractivity contribution is -0.398. The van der Waals surface area contributed by atoms with E-state index in [1.165, 1.54) is 0 Å². The molecule has 4 saturated heterocycles. The first-order valence-corrected chi connectivity index (χ1v) is 45.0. The molecule has 5 aliphatic rings. The average Bonchev–Trinajstić information content (AvgIpc) is 1.67. The second kappa shape index (κ2) is 35.7. The first kappa shape index (κ1) is 78.1. The molecule has 2 aromatic carbocycles. The van der Waals surface area contributed by atoms with E-state index < -0.39 is 78.0 Å². The van der Waals surface area contributed by atoms with Crippen molar-refractivity contribution in [3.63, 3.8) is 0 Å². The number of hydrogen-bond donors (Lipinski definition) is 1. The average molecular weight is 1350 g/mol. The Bertz CT molecular complexity index is 2530. The molecule has 0 radical (unpaired) electrons. The molecule has 528 valence electrons. The van der Waals surface area contributed by atoms with E-state index in [2.05, 4.69) is 140 Å². The van der Waals surface area contributed by atoms with Crippen molar-refractivity contribution in [2.45, 2.75) is 307 Å². The predicted molar refractivity (Wildman–Crippen MR) is 384 cm³/mol. The molecule has 2 aromatic rings. The van der Waals surface area contributed by atoms with Crippen LogP contribution in [0.1, 0.15) is 197 Å². The third-order valence-corrected chi connectivity index (χ3v) is 35.2. The molecule has 14 atom stereocenters. The summed E-state index contributed by atoms with van der Waals surface area (Å²) in [6, 6.07) is 24.7. The van der Waals surface area contributed by atoms with Crippen LogP contribution in [0.3, 0.4) is 0 Å². The Labute approximate surface area is 568 Å². The van der Waals surface area contributed by atoms with Gasteiger partial charge in [0, 0.05) is 71.2 Å². The second-order valence-corrected chi connectivity index (χ2v) is 47.0. The molecule has 1 aliphatic carbocycles. The van der Waals surface area contributed by atoms with Crippen molar-refractivity contribution in [1.82, 2.24) is 0 Å². The summed E-state index contributed by atoms with van der Waals surface area (Å²) >= 11 is 0. The Morgan fingerprint density at radius 2 is 1.45 bits per heavy atom. The Hall–Kier alpha value is -2.21. The van der Waals surface area contributed by atoms with Crippen LogP contribution in [0.4, 0.5) is 0 Å². The Morgan fingerprint density at radius 1 is 0.763 bits per heavy atom. The Balaban J connectivity index is 1.15. The van der Waals surface area contributed by atoms with Crippen LogP contribution in [0.5, 0.6) is 0 Å². The molecule has 4 fully saturated rings. The number of aliphatic hydroxyl groups excluding tert-OH is 1. The first-order chi connectivity index (χ1) is 44.3. The van der Waals surface area contributed by atoms with E-state index in [9.17, 15) is 5.11 Å². The maximum absolute atomic E-state index is 13.6. The van der Waals surface area contributed by atoms with Gasteiger partial charge in [0.05, 0.1) is 37.6 Å². The van der Waals surface area contributed by atoms with Crippen molar-refractivity contribution in [1.29, 1.82) is 0 Å². The molecular formula is C77H130O13Si3. The summed E-state index contributed by atoms with van der Waals surface area (Å²) in [6.45, 7) is 47.4. The summed E-state index contributed by atoms with van der Waals surface area (Å²) < 4.78 is 82.5. The minimum atomic E-state index is -2.13. The molecule has 0 saturated carbocycles. The number of aliphatic hydroxyl groups is 1. The molecule has 2 spiro atoms. The topological polar surface area (TPSA) is 131 Å². The van der Waals surface area contributed by atoms with Crippen LogP contribution in [0, 0.1) is 23.2 Å². The van der Waals surface area contributed by atoms with E-state index in [1.54, 1.807) is 7.11 Å². The van der Waals surface area contributed by atoms with Crippen LogP contribution >= 0.6 is 0 Å². The molecule has 1 unspecified atom stereocenters. The van der Waals surface area contributed by atoms with Crippen LogP contribution in [0.2, 0.25) is 60.4 Å². The van der Waals surface area contributed by atoms with Crippen molar-refractivity contribution in [2.24, 2.45) is 23.2 Å². The maximum atomic E-state index is 13.6. The fourth-order valence-electron chi connectivity index (χ4n) is 16.8. The van der Waals surface area contributed by atoms with Gasteiger partial charge in [-0.25, -0.2) is 0 Å². The van der Waals surface area contributed by atoms with Crippen LogP contribution in [-0.2, 0) is 62.8 Å². The molecule has 0 bridgehead atoms. The second-order valence-electron chi connectivity index (χ2n) is 31.2. The Morgan fingerprint density at radius 3 is 2.10 bits per heavy atom. The molecule has 7 rings (SSSR count). The SMILES string of the molecule is C=C[C@H]1O[C@@H](c2ccccc2)O[C@@H]([C@H]2C=C(COCOC)CC[C@]2(C[C@H](C)[C@@H](C)COCc2ccccc2)C(O)CCCC(=C)C[C@@H]2CC[C@@](C)(O[Si](CC)(CC)CC)[C@]3(CC[C@@]4(CCC[C@H](CCO[Si](C(C)C)(C(C)C)C(C)C)O4)O3)O2)[C@@H]1OCOCC[Si](C)(C)C. The summed E-state index contributed by atoms with van der Waals surface area (Å²) in [5.41, 5.74) is 4.61. The van der Waals surface area contributed by atoms with Crippen LogP contribution in [-0.4, -0.2) is 131 Å². The summed E-state index contributed by atoms with van der Waals surface area (Å²) in [4.78, 5) is 0. The van der Waals surface area contributed by atoms with Gasteiger partial charge < -0.3 is 61.3 Å². The number of benzene rings is 2. The van der Waals surface area contributed by atoms with Crippen molar-refractivity contribution >= 4 is 24.7 Å². The minimum Gasteiger partial charge on any atom is -0.416 e. The largest absolute Gasteiger partial charge is 0.416 e. The van der Waals surface area contributed by atoms with E-state index >= 15 is 0 Å². The standard InChI is InChI=1S/C77H130O13Si3/c1-19-69-72(83-56-80-47-48-91(16,17)18)71(86-73(85-69)65-34-27-24-28-35-65)68-50-64(54-82-55-79-15)38-43-75(68,51-61(12)62(13)52-81-53-63-32-25-23-26-33-63)70(78)37-29-31-60(11)49-67-39-42-74(14,90-92(20-2,21-3)22-4)77(88-67)45-44-76(89-77)41-30-36-66(87-76)40-46-84-93(57(5)6,58(7)8)59(9)10/h19,23-28,32-35,50,57-59,61-62,66-73,78H,1,11,20-22,29-31,36-49,51-56H2,2-10,12-18H3/t61-,62-,66+,67-,68+,69+,70?,71-,72+,73+,74+,75+,76+,77+/m0/s1. The number of hydrogen-bond acceptors (Lipinski definition) is 13. The number of methoxy groups -OCH3 is 1. The third kappa shape index (κ3) is 20.0. The normalized spacial score (nSPS) is 29.9. The van der Waals surface area contributed by atoms with Gasteiger partial charge in [-0.05, 0) is 148 Å². The fraction of sp³-hybridized carbons (Fsp3) is 0.766.